The van der Waals surface area contributed by atoms with Crippen molar-refractivity contribution in [1.29, 1.82) is 0 Å². The molecule has 9 atom stereocenters. The van der Waals surface area contributed by atoms with Crippen molar-refractivity contribution < 1.29 is 53.1 Å². The highest BCUT2D eigenvalue weighted by molar-refractivity contribution is 5.98. The van der Waals surface area contributed by atoms with E-state index in [1.54, 1.807) is 34.6 Å². The van der Waals surface area contributed by atoms with Crippen molar-refractivity contribution >= 4 is 65.0 Å². The lowest BCUT2D eigenvalue weighted by Gasteiger charge is -2.31. The molecular formula is C46H84N14O11. The molecule has 15 N–H and O–H groups in total. The zero-order valence-electron chi connectivity index (χ0n) is 43.2. The molecule has 1 fully saturated rings. The highest BCUT2D eigenvalue weighted by atomic mass is 16.3. The third-order valence-corrected chi connectivity index (χ3v) is 11.9. The quantitative estimate of drug-likeness (QED) is 0.0178. The van der Waals surface area contributed by atoms with Gasteiger partial charge in [-0.15, -0.1) is 0 Å². The molecule has 25 heteroatoms. The Morgan fingerprint density at radius 2 is 1.28 bits per heavy atom. The van der Waals surface area contributed by atoms with E-state index in [1.165, 1.54) is 25.8 Å². The lowest BCUT2D eigenvalue weighted by atomic mass is 9.96. The van der Waals surface area contributed by atoms with Gasteiger partial charge in [0.15, 0.2) is 5.96 Å². The molecule has 0 unspecified atom stereocenters. The van der Waals surface area contributed by atoms with Gasteiger partial charge in [-0.25, -0.2) is 0 Å². The van der Waals surface area contributed by atoms with Crippen LogP contribution < -0.4 is 59.7 Å². The average Bonchev–Trinajstić information content (AvgIpc) is 3.80. The van der Waals surface area contributed by atoms with Gasteiger partial charge in [0.2, 0.25) is 59.1 Å². The van der Waals surface area contributed by atoms with Gasteiger partial charge in [-0.1, -0.05) is 47.5 Å². The van der Waals surface area contributed by atoms with Gasteiger partial charge in [0, 0.05) is 33.6 Å². The molecule has 1 saturated heterocycles. The summed E-state index contributed by atoms with van der Waals surface area (Å²) in [5.41, 5.74) is 16.7. The SMILES string of the molecule is CCC[C@H](NC(=O)[C@@H](NC(=O)[C@@H](CC(C)C)NC(=O)[C@H](CCCN)NC(=O)CNC(=O)CN(C)C(C)=O)[C@@H](C)O)C(=O)N[C@H](C(=O)N[C@@H](CCCN=C(N)N)C(=O)N1CCC[C@H]1C(=O)NCC)[C@@H](C)CC. The van der Waals surface area contributed by atoms with Crippen LogP contribution in [0.25, 0.3) is 0 Å². The molecule has 0 spiro atoms. The van der Waals surface area contributed by atoms with Crippen LogP contribution in [0.3, 0.4) is 0 Å². The Balaban J connectivity index is 3.31. The molecule has 1 aliphatic heterocycles. The third-order valence-electron chi connectivity index (χ3n) is 11.9. The van der Waals surface area contributed by atoms with Gasteiger partial charge in [0.1, 0.15) is 42.3 Å². The molecule has 0 aliphatic carbocycles. The topological polar surface area (TPSA) is 384 Å². The van der Waals surface area contributed by atoms with Crippen molar-refractivity contribution in [2.24, 2.45) is 34.0 Å². The lowest BCUT2D eigenvalue weighted by Crippen LogP contribution is -2.62. The second-order valence-corrected chi connectivity index (χ2v) is 18.4. The van der Waals surface area contributed by atoms with Crippen LogP contribution in [-0.2, 0) is 47.9 Å². The van der Waals surface area contributed by atoms with Gasteiger partial charge >= 0.3 is 0 Å². The molecular weight excluding hydrogens is 925 g/mol. The molecule has 0 aromatic rings. The summed E-state index contributed by atoms with van der Waals surface area (Å²) < 4.78 is 0. The summed E-state index contributed by atoms with van der Waals surface area (Å²) in [4.78, 5) is 140. The van der Waals surface area contributed by atoms with Crippen molar-refractivity contribution in [2.75, 3.05) is 46.3 Å². The molecule has 1 aliphatic rings. The number of aliphatic imine (C=N–C) groups is 1. The molecule has 10 amide bonds. The molecule has 0 saturated carbocycles. The summed E-state index contributed by atoms with van der Waals surface area (Å²) in [5.74, 6) is -7.24. The predicted molar refractivity (Wildman–Crippen MR) is 265 cm³/mol. The highest BCUT2D eigenvalue weighted by Crippen LogP contribution is 2.21. The minimum absolute atomic E-state index is 0.0679. The monoisotopic (exact) mass is 1010 g/mol. The van der Waals surface area contributed by atoms with Crippen LogP contribution in [0, 0.1) is 11.8 Å². The number of carbonyl (C=O) groups excluding carboxylic acids is 10. The van der Waals surface area contributed by atoms with E-state index in [0.717, 1.165) is 4.90 Å². The zero-order valence-corrected chi connectivity index (χ0v) is 43.2. The fraction of sp³-hybridized carbons (Fsp3) is 0.761. The van der Waals surface area contributed by atoms with Gasteiger partial charge in [0.05, 0.1) is 19.2 Å². The fourth-order valence-corrected chi connectivity index (χ4v) is 7.62. The van der Waals surface area contributed by atoms with Gasteiger partial charge in [-0.2, -0.15) is 0 Å². The van der Waals surface area contributed by atoms with Crippen LogP contribution >= 0.6 is 0 Å². The Labute approximate surface area is 417 Å². The van der Waals surface area contributed by atoms with Crippen LogP contribution in [0.1, 0.15) is 120 Å². The summed E-state index contributed by atoms with van der Waals surface area (Å²) in [5, 5.41) is 31.8. The maximum Gasteiger partial charge on any atom is 0.245 e. The first kappa shape index (κ1) is 62.9. The van der Waals surface area contributed by atoms with Crippen molar-refractivity contribution in [3.8, 4) is 0 Å². The minimum Gasteiger partial charge on any atom is -0.391 e. The molecule has 1 rings (SSSR count). The fourth-order valence-electron chi connectivity index (χ4n) is 7.62. The van der Waals surface area contributed by atoms with Crippen LogP contribution in [0.15, 0.2) is 4.99 Å². The van der Waals surface area contributed by atoms with E-state index in [2.05, 4.69) is 47.5 Å². The molecule has 1 heterocycles. The number of likely N-dealkylation sites (tertiary alicyclic amines) is 1. The molecule has 0 radical (unpaired) electrons. The number of carbonyl (C=O) groups is 10. The summed E-state index contributed by atoms with van der Waals surface area (Å²) in [6.45, 7) is 13.4. The van der Waals surface area contributed by atoms with Crippen molar-refractivity contribution in [2.45, 2.75) is 168 Å². The number of nitrogens with zero attached hydrogens (tertiary/aromatic N) is 3. The smallest absolute Gasteiger partial charge is 0.245 e. The number of rotatable bonds is 32. The van der Waals surface area contributed by atoms with E-state index in [-0.39, 0.29) is 69.0 Å². The number of aliphatic hydroxyl groups is 1. The van der Waals surface area contributed by atoms with Crippen LogP contribution in [0.2, 0.25) is 0 Å². The van der Waals surface area contributed by atoms with Gasteiger partial charge < -0.3 is 74.6 Å². The van der Waals surface area contributed by atoms with Crippen molar-refractivity contribution in [3.05, 3.63) is 0 Å². The first-order valence-electron chi connectivity index (χ1n) is 24.7. The largest absolute Gasteiger partial charge is 0.391 e. The molecule has 0 aromatic carbocycles. The van der Waals surface area contributed by atoms with E-state index in [9.17, 15) is 53.1 Å². The summed E-state index contributed by atoms with van der Waals surface area (Å²) >= 11 is 0. The van der Waals surface area contributed by atoms with Crippen LogP contribution in [-0.4, -0.2) is 175 Å². The summed E-state index contributed by atoms with van der Waals surface area (Å²) in [6.07, 6.45) is 1.25. The number of hydrogen-bond acceptors (Lipinski definition) is 13. The van der Waals surface area contributed by atoms with Gasteiger partial charge in [-0.05, 0) is 83.6 Å². The Morgan fingerprint density at radius 3 is 1.85 bits per heavy atom. The van der Waals surface area contributed by atoms with E-state index >= 15 is 0 Å². The number of nitrogens with two attached hydrogens (primary N) is 3. The van der Waals surface area contributed by atoms with Crippen molar-refractivity contribution in [1.82, 2.24) is 52.3 Å². The predicted octanol–water partition coefficient (Wildman–Crippen LogP) is -3.32. The Morgan fingerprint density at radius 1 is 0.718 bits per heavy atom. The second-order valence-electron chi connectivity index (χ2n) is 18.4. The first-order chi connectivity index (χ1) is 33.4. The van der Waals surface area contributed by atoms with Crippen LogP contribution in [0.5, 0.6) is 0 Å². The lowest BCUT2D eigenvalue weighted by molar-refractivity contribution is -0.142. The number of likely N-dealkylation sites (N-methyl/N-ethyl adjacent to an activating group) is 2. The zero-order chi connectivity index (χ0) is 54.0. The number of hydrogen-bond donors (Lipinski definition) is 12. The summed E-state index contributed by atoms with van der Waals surface area (Å²) in [6, 6.07) is -8.38. The molecule has 25 nitrogen and oxygen atoms in total. The van der Waals surface area contributed by atoms with E-state index in [0.29, 0.717) is 51.6 Å². The minimum atomic E-state index is -1.63. The third kappa shape index (κ3) is 22.7. The number of guanidine groups is 1. The van der Waals surface area contributed by atoms with E-state index < -0.39 is 108 Å². The highest BCUT2D eigenvalue weighted by Gasteiger charge is 2.40. The van der Waals surface area contributed by atoms with Gasteiger partial charge in [-0.3, -0.25) is 52.9 Å². The number of amides is 10. The second kappa shape index (κ2) is 32.7. The van der Waals surface area contributed by atoms with E-state index in [4.69, 9.17) is 17.2 Å². The molecule has 71 heavy (non-hydrogen) atoms. The summed E-state index contributed by atoms with van der Waals surface area (Å²) in [7, 11) is 1.42. The number of nitrogens with one attached hydrogen (secondary N) is 8. The van der Waals surface area contributed by atoms with Crippen molar-refractivity contribution in [3.63, 3.8) is 0 Å². The molecule has 0 bridgehead atoms. The Kier molecular flexibility index (Phi) is 29.0. The maximum atomic E-state index is 14.2. The standard InChI is InChI=1S/C46H84N14O11/c1-10-16-30(40(66)57-37(27(6)11-2)43(69)55-32(18-14-21-51-46(48)49)45(71)60-22-15-19-34(60)42(68)50-12-3)54-44(70)38(28(7)61)58-41(67)33(23-26(4)5)56-39(65)31(17-13-20-47)53-35(63)24-52-36(64)25-59(9)29(8)62/h26-28,30-34,37-38,61H,10-25,47H2,1-9H3,(H,50,68)(H,52,64)(H,53,63)(H,54,70)(H,55,69)(H,56,65)(H,57,66)(H,58,67)(H4,48,49,51)/t27-,28+,30-,31-,32-,33+,34-,37-,38-/m0/s1. The average molecular weight is 1010 g/mol. The Bertz CT molecular complexity index is 1830. The Hall–Kier alpha value is -6.11. The molecule has 0 aromatic heterocycles. The normalized spacial score (nSPS) is 16.6. The van der Waals surface area contributed by atoms with Gasteiger partial charge in [0.25, 0.3) is 0 Å². The molecule has 404 valence electrons. The van der Waals surface area contributed by atoms with Crippen LogP contribution in [0.4, 0.5) is 0 Å². The number of aliphatic hydroxyl groups excluding tert-OH is 1. The van der Waals surface area contributed by atoms with E-state index in [1.807, 2.05) is 6.92 Å². The maximum absolute atomic E-state index is 14.2. The first-order valence-corrected chi connectivity index (χ1v) is 24.7.